The van der Waals surface area contributed by atoms with Crippen LogP contribution in [0.5, 0.6) is 0 Å². The third-order valence-corrected chi connectivity index (χ3v) is 2.60. The Morgan fingerprint density at radius 3 is 2.69 bits per heavy atom. The Kier molecular flexibility index (Phi) is 2.87. The van der Waals surface area contributed by atoms with E-state index in [1.54, 1.807) is 6.33 Å². The highest BCUT2D eigenvalue weighted by Gasteiger charge is 2.16. The lowest BCUT2D eigenvalue weighted by atomic mass is 9.85. The fraction of sp³-hybridized carbons (Fsp3) is 0.600. The summed E-state index contributed by atoms with van der Waals surface area (Å²) in [5.74, 6) is 0.921. The molecular weight excluding hydrogens is 162 g/mol. The van der Waals surface area contributed by atoms with Gasteiger partial charge in [0.1, 0.15) is 6.33 Å². The number of aromatic nitrogens is 2. The van der Waals surface area contributed by atoms with Gasteiger partial charge >= 0.3 is 0 Å². The Bertz CT molecular complexity index is 244. The summed E-state index contributed by atoms with van der Waals surface area (Å²) in [4.78, 5) is 7.93. The van der Waals surface area contributed by atoms with E-state index in [0.29, 0.717) is 0 Å². The van der Waals surface area contributed by atoms with Crippen LogP contribution in [0.25, 0.3) is 0 Å². The molecule has 1 aliphatic carbocycles. The van der Waals surface area contributed by atoms with Crippen LogP contribution in [-0.4, -0.2) is 16.5 Å². The highest BCUT2D eigenvalue weighted by atomic mass is 14.9. The smallest absolute Gasteiger partial charge is 0.115 e. The monoisotopic (exact) mass is 177 g/mol. The van der Waals surface area contributed by atoms with Crippen LogP contribution in [0.2, 0.25) is 0 Å². The van der Waals surface area contributed by atoms with Gasteiger partial charge in [-0.15, -0.1) is 0 Å². The maximum Gasteiger partial charge on any atom is 0.115 e. The van der Waals surface area contributed by atoms with Gasteiger partial charge in [-0.2, -0.15) is 0 Å². The Morgan fingerprint density at radius 1 is 1.31 bits per heavy atom. The summed E-state index contributed by atoms with van der Waals surface area (Å²) >= 11 is 0. The molecule has 0 spiro atoms. The molecule has 0 aromatic carbocycles. The van der Waals surface area contributed by atoms with Crippen LogP contribution in [0.3, 0.4) is 0 Å². The van der Waals surface area contributed by atoms with Crippen molar-refractivity contribution in [3.8, 4) is 0 Å². The SMILES string of the molecule is c1ncc(CNCC2CCC2)cn1. The molecule has 0 aliphatic heterocycles. The van der Waals surface area contributed by atoms with Gasteiger partial charge in [0.25, 0.3) is 0 Å². The molecule has 0 saturated heterocycles. The maximum atomic E-state index is 3.97. The molecular formula is C10H15N3. The van der Waals surface area contributed by atoms with Gasteiger partial charge in [-0.3, -0.25) is 0 Å². The number of nitrogens with one attached hydrogen (secondary N) is 1. The Balaban J connectivity index is 1.67. The van der Waals surface area contributed by atoms with E-state index in [-0.39, 0.29) is 0 Å². The Labute approximate surface area is 78.6 Å². The zero-order valence-electron chi connectivity index (χ0n) is 7.74. The average Bonchev–Trinajstić information content (AvgIpc) is 2.11. The molecule has 0 bridgehead atoms. The van der Waals surface area contributed by atoms with Gasteiger partial charge in [0.15, 0.2) is 0 Å². The highest BCUT2D eigenvalue weighted by Crippen LogP contribution is 2.25. The van der Waals surface area contributed by atoms with Crippen LogP contribution in [-0.2, 0) is 6.54 Å². The van der Waals surface area contributed by atoms with E-state index in [2.05, 4.69) is 15.3 Å². The summed E-state index contributed by atoms with van der Waals surface area (Å²) in [5.41, 5.74) is 1.17. The van der Waals surface area contributed by atoms with Crippen molar-refractivity contribution in [1.82, 2.24) is 15.3 Å². The lowest BCUT2D eigenvalue weighted by Gasteiger charge is -2.25. The first-order chi connectivity index (χ1) is 6.45. The van der Waals surface area contributed by atoms with Crippen molar-refractivity contribution in [3.63, 3.8) is 0 Å². The topological polar surface area (TPSA) is 37.8 Å². The molecule has 13 heavy (non-hydrogen) atoms. The molecule has 1 aromatic heterocycles. The molecule has 3 heteroatoms. The second-order valence-corrected chi connectivity index (χ2v) is 3.67. The van der Waals surface area contributed by atoms with Crippen LogP contribution in [0.15, 0.2) is 18.7 Å². The molecule has 1 N–H and O–H groups in total. The van der Waals surface area contributed by atoms with Gasteiger partial charge in [-0.25, -0.2) is 9.97 Å². The summed E-state index contributed by atoms with van der Waals surface area (Å²) in [5, 5.41) is 3.42. The van der Waals surface area contributed by atoms with E-state index in [4.69, 9.17) is 0 Å². The van der Waals surface area contributed by atoms with E-state index in [0.717, 1.165) is 19.0 Å². The molecule has 3 nitrogen and oxygen atoms in total. The molecule has 0 amide bonds. The Hall–Kier alpha value is -0.960. The summed E-state index contributed by atoms with van der Waals surface area (Å²) in [6.07, 6.45) is 9.51. The molecule has 70 valence electrons. The molecule has 1 heterocycles. The third kappa shape index (κ3) is 2.49. The molecule has 1 aliphatic rings. The number of hydrogen-bond acceptors (Lipinski definition) is 3. The minimum absolute atomic E-state index is 0.900. The van der Waals surface area contributed by atoms with E-state index >= 15 is 0 Å². The molecule has 1 saturated carbocycles. The normalized spacial score (nSPS) is 16.9. The summed E-state index contributed by atoms with van der Waals surface area (Å²) in [6, 6.07) is 0. The molecule has 1 aromatic rings. The van der Waals surface area contributed by atoms with Crippen LogP contribution in [0.4, 0.5) is 0 Å². The Morgan fingerprint density at radius 2 is 2.08 bits per heavy atom. The molecule has 1 fully saturated rings. The van der Waals surface area contributed by atoms with E-state index in [1.165, 1.54) is 24.8 Å². The standard InChI is InChI=1S/C10H15N3/c1-2-9(3-1)4-11-5-10-6-12-8-13-7-10/h6-9,11H,1-5H2. The van der Waals surface area contributed by atoms with Crippen LogP contribution in [0, 0.1) is 5.92 Å². The third-order valence-electron chi connectivity index (χ3n) is 2.60. The first-order valence-electron chi connectivity index (χ1n) is 4.90. The van der Waals surface area contributed by atoms with Gasteiger partial charge in [-0.05, 0) is 25.3 Å². The second-order valence-electron chi connectivity index (χ2n) is 3.67. The van der Waals surface area contributed by atoms with Gasteiger partial charge in [-0.1, -0.05) is 6.42 Å². The van der Waals surface area contributed by atoms with Crippen molar-refractivity contribution in [2.24, 2.45) is 5.92 Å². The number of hydrogen-bond donors (Lipinski definition) is 1. The summed E-state index contributed by atoms with van der Waals surface area (Å²) < 4.78 is 0. The predicted molar refractivity (Wildman–Crippen MR) is 51.1 cm³/mol. The van der Waals surface area contributed by atoms with Crippen LogP contribution >= 0.6 is 0 Å². The van der Waals surface area contributed by atoms with Crippen LogP contribution in [0.1, 0.15) is 24.8 Å². The quantitative estimate of drug-likeness (QED) is 0.754. The van der Waals surface area contributed by atoms with Crippen molar-refractivity contribution in [1.29, 1.82) is 0 Å². The first-order valence-corrected chi connectivity index (χ1v) is 4.90. The van der Waals surface area contributed by atoms with Crippen molar-refractivity contribution in [2.45, 2.75) is 25.8 Å². The first kappa shape index (κ1) is 8.63. The average molecular weight is 177 g/mol. The lowest BCUT2D eigenvalue weighted by molar-refractivity contribution is 0.301. The van der Waals surface area contributed by atoms with Gasteiger partial charge in [0, 0.05) is 24.5 Å². The zero-order chi connectivity index (χ0) is 8.93. The van der Waals surface area contributed by atoms with Crippen LogP contribution < -0.4 is 5.32 Å². The molecule has 0 atom stereocenters. The minimum Gasteiger partial charge on any atom is -0.312 e. The van der Waals surface area contributed by atoms with E-state index in [9.17, 15) is 0 Å². The minimum atomic E-state index is 0.900. The fourth-order valence-corrected chi connectivity index (χ4v) is 1.54. The largest absolute Gasteiger partial charge is 0.312 e. The second kappa shape index (κ2) is 4.33. The maximum absolute atomic E-state index is 3.97. The van der Waals surface area contributed by atoms with Gasteiger partial charge in [0.2, 0.25) is 0 Å². The van der Waals surface area contributed by atoms with Crippen molar-refractivity contribution in [2.75, 3.05) is 6.54 Å². The molecule has 0 unspecified atom stereocenters. The number of rotatable bonds is 4. The van der Waals surface area contributed by atoms with Gasteiger partial charge in [0.05, 0.1) is 0 Å². The van der Waals surface area contributed by atoms with Crippen molar-refractivity contribution in [3.05, 3.63) is 24.3 Å². The van der Waals surface area contributed by atoms with Crippen molar-refractivity contribution >= 4 is 0 Å². The predicted octanol–water partition coefficient (Wildman–Crippen LogP) is 1.37. The molecule has 2 rings (SSSR count). The van der Waals surface area contributed by atoms with Gasteiger partial charge < -0.3 is 5.32 Å². The highest BCUT2D eigenvalue weighted by molar-refractivity contribution is 5.01. The van der Waals surface area contributed by atoms with E-state index in [1.807, 2.05) is 12.4 Å². The van der Waals surface area contributed by atoms with E-state index < -0.39 is 0 Å². The summed E-state index contributed by atoms with van der Waals surface area (Å²) in [6.45, 7) is 2.05. The number of nitrogens with zero attached hydrogens (tertiary/aromatic N) is 2. The fourth-order valence-electron chi connectivity index (χ4n) is 1.54. The summed E-state index contributed by atoms with van der Waals surface area (Å²) in [7, 11) is 0. The lowest BCUT2D eigenvalue weighted by Crippen LogP contribution is -2.26. The molecule has 0 radical (unpaired) electrons. The van der Waals surface area contributed by atoms with Crippen molar-refractivity contribution < 1.29 is 0 Å². The zero-order valence-corrected chi connectivity index (χ0v) is 7.74.